The van der Waals surface area contributed by atoms with Crippen LogP contribution in [0.15, 0.2) is 12.4 Å². The van der Waals surface area contributed by atoms with Crippen LogP contribution >= 0.6 is 12.4 Å². The van der Waals surface area contributed by atoms with Gasteiger partial charge in [0.2, 0.25) is 5.91 Å². The van der Waals surface area contributed by atoms with Gasteiger partial charge in [-0.3, -0.25) is 19.6 Å². The Balaban J connectivity index is 0.00000225. The molecule has 0 radical (unpaired) electrons. The molecule has 0 bridgehead atoms. The van der Waals surface area contributed by atoms with Crippen molar-refractivity contribution in [3.05, 3.63) is 22.5 Å². The van der Waals surface area contributed by atoms with Crippen LogP contribution in [0, 0.1) is 16.0 Å². The second-order valence-corrected chi connectivity index (χ2v) is 7.38. The zero-order chi connectivity index (χ0) is 17.3. The monoisotopic (exact) mass is 371 g/mol. The third kappa shape index (κ3) is 4.49. The van der Waals surface area contributed by atoms with E-state index in [0.717, 1.165) is 25.3 Å². The Morgan fingerprint density at radius 2 is 2.00 bits per heavy atom. The maximum absolute atomic E-state index is 12.9. The van der Waals surface area contributed by atoms with Crippen molar-refractivity contribution < 1.29 is 9.72 Å². The predicted octanol–water partition coefficient (Wildman–Crippen LogP) is 1.94. The van der Waals surface area contributed by atoms with E-state index < -0.39 is 10.5 Å². The van der Waals surface area contributed by atoms with Gasteiger partial charge in [0.25, 0.3) is 0 Å². The number of carbonyl (C=O) groups is 1. The minimum Gasteiger partial charge on any atom is -0.340 e. The number of amides is 1. The number of nitrogens with one attached hydrogen (secondary N) is 1. The lowest BCUT2D eigenvalue weighted by atomic mass is 9.99. The van der Waals surface area contributed by atoms with Gasteiger partial charge < -0.3 is 10.2 Å². The Morgan fingerprint density at radius 3 is 2.52 bits per heavy atom. The van der Waals surface area contributed by atoms with Crippen molar-refractivity contribution in [1.82, 2.24) is 20.0 Å². The smallest absolute Gasteiger partial charge is 0.307 e. The van der Waals surface area contributed by atoms with Gasteiger partial charge >= 0.3 is 5.69 Å². The normalized spacial score (nSPS) is 18.7. The molecular weight excluding hydrogens is 346 g/mol. The summed E-state index contributed by atoms with van der Waals surface area (Å²) < 4.78 is 1.39. The molecule has 1 saturated heterocycles. The van der Waals surface area contributed by atoms with Crippen LogP contribution in [0.25, 0.3) is 0 Å². The van der Waals surface area contributed by atoms with E-state index in [1.165, 1.54) is 29.9 Å². The topological polar surface area (TPSA) is 93.3 Å². The summed E-state index contributed by atoms with van der Waals surface area (Å²) in [6.45, 7) is 6.04. The number of rotatable bonds is 6. The van der Waals surface area contributed by atoms with E-state index in [1.54, 1.807) is 13.8 Å². The molecule has 0 atom stereocenters. The molecule has 1 aromatic rings. The second-order valence-electron chi connectivity index (χ2n) is 7.38. The van der Waals surface area contributed by atoms with Gasteiger partial charge in [0.15, 0.2) is 0 Å². The summed E-state index contributed by atoms with van der Waals surface area (Å²) in [6, 6.07) is 0.489. The first-order valence-electron chi connectivity index (χ1n) is 8.60. The molecule has 1 aromatic heterocycles. The predicted molar refractivity (Wildman–Crippen MR) is 95.8 cm³/mol. The largest absolute Gasteiger partial charge is 0.340 e. The molecular formula is C16H26ClN5O3. The van der Waals surface area contributed by atoms with Crippen molar-refractivity contribution in [2.75, 3.05) is 19.6 Å². The highest BCUT2D eigenvalue weighted by atomic mass is 35.5. The van der Waals surface area contributed by atoms with E-state index in [1.807, 2.05) is 4.90 Å². The lowest BCUT2D eigenvalue weighted by Crippen LogP contribution is -2.52. The standard InChI is InChI=1S/C16H25N5O3.ClH/c1-16(2,20-11-14(10-18-20)21(23)24)15(22)19-7-5-13(6-8-19)17-9-12-3-4-12;/h10-13,17H,3-9H2,1-2H3;1H. The van der Waals surface area contributed by atoms with Gasteiger partial charge in [0.05, 0.1) is 4.92 Å². The summed E-state index contributed by atoms with van der Waals surface area (Å²) in [5.74, 6) is 0.820. The molecule has 140 valence electrons. The number of nitro groups is 1. The average molecular weight is 372 g/mol. The Hall–Kier alpha value is -1.67. The SMILES string of the molecule is CC(C)(C(=O)N1CCC(NCC2CC2)CC1)n1cc([N+](=O)[O-])cn1.Cl. The molecule has 8 nitrogen and oxygen atoms in total. The Bertz CT molecular complexity index is 621. The number of hydrogen-bond donors (Lipinski definition) is 1. The Labute approximate surface area is 153 Å². The molecule has 2 fully saturated rings. The number of hydrogen-bond acceptors (Lipinski definition) is 5. The molecule has 2 aliphatic rings. The van der Waals surface area contributed by atoms with Crippen LogP contribution in [-0.2, 0) is 10.3 Å². The molecule has 1 aliphatic carbocycles. The van der Waals surface area contributed by atoms with E-state index in [-0.39, 0.29) is 24.0 Å². The molecule has 3 rings (SSSR count). The number of likely N-dealkylation sites (tertiary alicyclic amines) is 1. The first-order chi connectivity index (χ1) is 11.4. The van der Waals surface area contributed by atoms with Gasteiger partial charge in [-0.15, -0.1) is 12.4 Å². The molecule has 0 spiro atoms. The fourth-order valence-corrected chi connectivity index (χ4v) is 3.14. The molecule has 1 aliphatic heterocycles. The summed E-state index contributed by atoms with van der Waals surface area (Å²) in [6.07, 6.45) is 7.09. The highest BCUT2D eigenvalue weighted by molar-refractivity contribution is 5.85. The van der Waals surface area contributed by atoms with Crippen LogP contribution in [0.4, 0.5) is 5.69 Å². The number of nitrogens with zero attached hydrogens (tertiary/aromatic N) is 4. The summed E-state index contributed by atoms with van der Waals surface area (Å²) >= 11 is 0. The van der Waals surface area contributed by atoms with E-state index in [4.69, 9.17) is 0 Å². The summed E-state index contributed by atoms with van der Waals surface area (Å²) in [7, 11) is 0. The number of halogens is 1. The lowest BCUT2D eigenvalue weighted by molar-refractivity contribution is -0.385. The highest BCUT2D eigenvalue weighted by Crippen LogP contribution is 2.28. The number of aromatic nitrogens is 2. The van der Waals surface area contributed by atoms with Crippen molar-refractivity contribution in [1.29, 1.82) is 0 Å². The minimum absolute atomic E-state index is 0. The van der Waals surface area contributed by atoms with Crippen molar-refractivity contribution in [2.45, 2.75) is 51.1 Å². The van der Waals surface area contributed by atoms with Crippen LogP contribution < -0.4 is 5.32 Å². The molecule has 9 heteroatoms. The van der Waals surface area contributed by atoms with Crippen LogP contribution in [-0.4, -0.2) is 51.2 Å². The van der Waals surface area contributed by atoms with Gasteiger partial charge in [-0.05, 0) is 52.0 Å². The zero-order valence-corrected chi connectivity index (χ0v) is 15.5. The van der Waals surface area contributed by atoms with Crippen molar-refractivity contribution in [3.63, 3.8) is 0 Å². The molecule has 2 heterocycles. The maximum Gasteiger partial charge on any atom is 0.307 e. The molecule has 1 amide bonds. The van der Waals surface area contributed by atoms with Gasteiger partial charge in [0.1, 0.15) is 17.9 Å². The van der Waals surface area contributed by atoms with Crippen molar-refractivity contribution in [2.24, 2.45) is 5.92 Å². The van der Waals surface area contributed by atoms with E-state index in [9.17, 15) is 14.9 Å². The highest BCUT2D eigenvalue weighted by Gasteiger charge is 2.37. The van der Waals surface area contributed by atoms with E-state index in [0.29, 0.717) is 19.1 Å². The van der Waals surface area contributed by atoms with Gasteiger partial charge in [-0.2, -0.15) is 5.10 Å². The molecule has 1 saturated carbocycles. The Morgan fingerprint density at radius 1 is 1.36 bits per heavy atom. The number of piperidine rings is 1. The fourth-order valence-electron chi connectivity index (χ4n) is 3.14. The zero-order valence-electron chi connectivity index (χ0n) is 14.7. The van der Waals surface area contributed by atoms with Gasteiger partial charge in [-0.25, -0.2) is 0 Å². The average Bonchev–Trinajstić information content (AvgIpc) is 3.25. The summed E-state index contributed by atoms with van der Waals surface area (Å²) in [4.78, 5) is 25.0. The Kier molecular flexibility index (Phi) is 6.05. The van der Waals surface area contributed by atoms with Gasteiger partial charge in [0, 0.05) is 19.1 Å². The van der Waals surface area contributed by atoms with Crippen molar-refractivity contribution in [3.8, 4) is 0 Å². The molecule has 0 aromatic carbocycles. The molecule has 0 unspecified atom stereocenters. The van der Waals surface area contributed by atoms with Crippen LogP contribution in [0.5, 0.6) is 0 Å². The first kappa shape index (κ1) is 19.7. The molecule has 1 N–H and O–H groups in total. The third-order valence-electron chi connectivity index (χ3n) is 5.05. The minimum atomic E-state index is -0.928. The maximum atomic E-state index is 12.9. The first-order valence-corrected chi connectivity index (χ1v) is 8.60. The quantitative estimate of drug-likeness (QED) is 0.609. The summed E-state index contributed by atoms with van der Waals surface area (Å²) in [5, 5.41) is 18.4. The van der Waals surface area contributed by atoms with Crippen LogP contribution in [0.1, 0.15) is 39.5 Å². The van der Waals surface area contributed by atoms with Crippen molar-refractivity contribution >= 4 is 24.0 Å². The van der Waals surface area contributed by atoms with E-state index in [2.05, 4.69) is 10.4 Å². The third-order valence-corrected chi connectivity index (χ3v) is 5.05. The number of carbonyl (C=O) groups excluding carboxylic acids is 1. The van der Waals surface area contributed by atoms with E-state index >= 15 is 0 Å². The lowest BCUT2D eigenvalue weighted by Gasteiger charge is -2.37. The molecule has 25 heavy (non-hydrogen) atoms. The fraction of sp³-hybridized carbons (Fsp3) is 0.750. The van der Waals surface area contributed by atoms with Crippen LogP contribution in [0.3, 0.4) is 0 Å². The van der Waals surface area contributed by atoms with Crippen LogP contribution in [0.2, 0.25) is 0 Å². The second kappa shape index (κ2) is 7.70. The van der Waals surface area contributed by atoms with Gasteiger partial charge in [-0.1, -0.05) is 0 Å². The summed E-state index contributed by atoms with van der Waals surface area (Å²) in [5.41, 5.74) is -1.03.